The Morgan fingerprint density at radius 1 is 1.36 bits per heavy atom. The highest BCUT2D eigenvalue weighted by Crippen LogP contribution is 2.16. The summed E-state index contributed by atoms with van der Waals surface area (Å²) in [4.78, 5) is 2.52. The van der Waals surface area contributed by atoms with Gasteiger partial charge in [0.25, 0.3) is 0 Å². The van der Waals surface area contributed by atoms with Crippen molar-refractivity contribution >= 4 is 0 Å². The van der Waals surface area contributed by atoms with Gasteiger partial charge in [0.15, 0.2) is 0 Å². The predicted octanol–water partition coefficient (Wildman–Crippen LogP) is 0.954. The predicted molar refractivity (Wildman–Crippen MR) is 59.6 cm³/mol. The zero-order chi connectivity index (χ0) is 10.2. The van der Waals surface area contributed by atoms with Crippen molar-refractivity contribution in [1.29, 1.82) is 0 Å². The summed E-state index contributed by atoms with van der Waals surface area (Å²) in [6.07, 6.45) is 2.63. The van der Waals surface area contributed by atoms with Crippen molar-refractivity contribution in [3.63, 3.8) is 0 Å². The first kappa shape index (κ1) is 12.0. The molecule has 3 nitrogen and oxygen atoms in total. The quantitative estimate of drug-likeness (QED) is 0.646. The number of nitrogens with one attached hydrogen (secondary N) is 1. The third kappa shape index (κ3) is 4.40. The van der Waals surface area contributed by atoms with E-state index in [1.807, 2.05) is 7.05 Å². The van der Waals surface area contributed by atoms with Crippen molar-refractivity contribution in [1.82, 2.24) is 10.2 Å². The van der Waals surface area contributed by atoms with Crippen molar-refractivity contribution in [2.24, 2.45) is 5.92 Å². The minimum atomic E-state index is 0.801. The first-order valence-electron chi connectivity index (χ1n) is 5.81. The van der Waals surface area contributed by atoms with Gasteiger partial charge in [0, 0.05) is 13.2 Å². The Balaban J connectivity index is 1.98. The Morgan fingerprint density at radius 3 is 2.64 bits per heavy atom. The molecule has 84 valence electrons. The van der Waals surface area contributed by atoms with Crippen LogP contribution in [0.2, 0.25) is 0 Å². The van der Waals surface area contributed by atoms with Crippen LogP contribution in [0.25, 0.3) is 0 Å². The summed E-state index contributed by atoms with van der Waals surface area (Å²) in [5, 5.41) is 3.09. The molecule has 1 fully saturated rings. The molecule has 0 aliphatic carbocycles. The minimum absolute atomic E-state index is 0.801. The van der Waals surface area contributed by atoms with Crippen molar-refractivity contribution in [2.75, 3.05) is 46.4 Å². The Morgan fingerprint density at radius 2 is 2.07 bits per heavy atom. The summed E-state index contributed by atoms with van der Waals surface area (Å²) in [5.41, 5.74) is 0. The van der Waals surface area contributed by atoms with E-state index in [2.05, 4.69) is 17.1 Å². The lowest BCUT2D eigenvalue weighted by atomic mass is 9.98. The molecule has 0 atom stereocenters. The maximum Gasteiger partial charge on any atom is 0.0590 e. The van der Waals surface area contributed by atoms with E-state index in [4.69, 9.17) is 4.74 Å². The molecular weight excluding hydrogens is 176 g/mol. The zero-order valence-electron chi connectivity index (χ0n) is 9.59. The second-order valence-corrected chi connectivity index (χ2v) is 4.06. The Hall–Kier alpha value is -0.120. The summed E-state index contributed by atoms with van der Waals surface area (Å²) in [6, 6.07) is 0. The van der Waals surface area contributed by atoms with Crippen LogP contribution in [0.3, 0.4) is 0 Å². The molecule has 1 rings (SSSR count). The van der Waals surface area contributed by atoms with Gasteiger partial charge in [-0.15, -0.1) is 0 Å². The number of piperidine rings is 1. The van der Waals surface area contributed by atoms with Crippen LogP contribution < -0.4 is 5.32 Å². The molecule has 0 radical (unpaired) electrons. The van der Waals surface area contributed by atoms with E-state index < -0.39 is 0 Å². The van der Waals surface area contributed by atoms with Crippen LogP contribution in [0.5, 0.6) is 0 Å². The fourth-order valence-corrected chi connectivity index (χ4v) is 1.89. The Kier molecular flexibility index (Phi) is 6.15. The molecule has 1 saturated heterocycles. The average molecular weight is 200 g/mol. The van der Waals surface area contributed by atoms with Crippen molar-refractivity contribution < 1.29 is 4.74 Å². The maximum absolute atomic E-state index is 5.60. The van der Waals surface area contributed by atoms with Gasteiger partial charge >= 0.3 is 0 Å². The monoisotopic (exact) mass is 200 g/mol. The van der Waals surface area contributed by atoms with Gasteiger partial charge in [-0.25, -0.2) is 0 Å². The SMILES string of the molecule is CCN1CCC(COCCNC)CC1. The summed E-state index contributed by atoms with van der Waals surface area (Å²) in [7, 11) is 1.96. The number of hydrogen-bond acceptors (Lipinski definition) is 3. The molecule has 0 bridgehead atoms. The summed E-state index contributed by atoms with van der Waals surface area (Å²) in [5.74, 6) is 0.801. The average Bonchev–Trinajstić information content (AvgIpc) is 2.25. The normalized spacial score (nSPS) is 20.1. The number of ether oxygens (including phenoxy) is 1. The van der Waals surface area contributed by atoms with E-state index in [1.54, 1.807) is 0 Å². The standard InChI is InChI=1S/C11H24N2O/c1-3-13-7-4-11(5-8-13)10-14-9-6-12-2/h11-12H,3-10H2,1-2H3. The lowest BCUT2D eigenvalue weighted by Crippen LogP contribution is -2.35. The van der Waals surface area contributed by atoms with Crippen molar-refractivity contribution in [3.05, 3.63) is 0 Å². The minimum Gasteiger partial charge on any atom is -0.380 e. The van der Waals surface area contributed by atoms with E-state index in [0.717, 1.165) is 25.7 Å². The van der Waals surface area contributed by atoms with E-state index in [9.17, 15) is 0 Å². The second kappa shape index (κ2) is 7.21. The molecule has 0 saturated carbocycles. The highest BCUT2D eigenvalue weighted by Gasteiger charge is 2.17. The highest BCUT2D eigenvalue weighted by molar-refractivity contribution is 4.70. The summed E-state index contributed by atoms with van der Waals surface area (Å²) in [6.45, 7) is 8.74. The summed E-state index contributed by atoms with van der Waals surface area (Å²) < 4.78 is 5.60. The molecule has 14 heavy (non-hydrogen) atoms. The van der Waals surface area contributed by atoms with Gasteiger partial charge < -0.3 is 15.0 Å². The third-order valence-corrected chi connectivity index (χ3v) is 3.00. The maximum atomic E-state index is 5.60. The molecule has 0 amide bonds. The van der Waals surface area contributed by atoms with Crippen LogP contribution in [0.1, 0.15) is 19.8 Å². The van der Waals surface area contributed by atoms with Crippen molar-refractivity contribution in [3.8, 4) is 0 Å². The van der Waals surface area contributed by atoms with Crippen LogP contribution in [0.15, 0.2) is 0 Å². The van der Waals surface area contributed by atoms with Crippen LogP contribution >= 0.6 is 0 Å². The smallest absolute Gasteiger partial charge is 0.0590 e. The van der Waals surface area contributed by atoms with E-state index in [1.165, 1.54) is 32.5 Å². The van der Waals surface area contributed by atoms with Crippen LogP contribution in [0.4, 0.5) is 0 Å². The molecule has 0 aromatic heterocycles. The molecule has 1 aliphatic rings. The van der Waals surface area contributed by atoms with Gasteiger partial charge in [-0.1, -0.05) is 6.92 Å². The van der Waals surface area contributed by atoms with Gasteiger partial charge in [0.2, 0.25) is 0 Å². The van der Waals surface area contributed by atoms with Crippen LogP contribution in [-0.4, -0.2) is 51.3 Å². The number of nitrogens with zero attached hydrogens (tertiary/aromatic N) is 1. The number of rotatable bonds is 6. The molecule has 1 N–H and O–H groups in total. The van der Waals surface area contributed by atoms with E-state index in [0.29, 0.717) is 0 Å². The van der Waals surface area contributed by atoms with Gasteiger partial charge in [-0.3, -0.25) is 0 Å². The van der Waals surface area contributed by atoms with Crippen LogP contribution in [-0.2, 0) is 4.74 Å². The first-order chi connectivity index (χ1) is 6.86. The first-order valence-corrected chi connectivity index (χ1v) is 5.81. The summed E-state index contributed by atoms with van der Waals surface area (Å²) >= 11 is 0. The van der Waals surface area contributed by atoms with E-state index in [-0.39, 0.29) is 0 Å². The Labute approximate surface area is 87.8 Å². The number of likely N-dealkylation sites (tertiary alicyclic amines) is 1. The lowest BCUT2D eigenvalue weighted by Gasteiger charge is -2.30. The third-order valence-electron chi connectivity index (χ3n) is 3.00. The van der Waals surface area contributed by atoms with Gasteiger partial charge in [-0.05, 0) is 45.4 Å². The molecule has 3 heteroatoms. The fourth-order valence-electron chi connectivity index (χ4n) is 1.89. The van der Waals surface area contributed by atoms with Gasteiger partial charge in [0.05, 0.1) is 6.61 Å². The molecule has 1 heterocycles. The van der Waals surface area contributed by atoms with Crippen LogP contribution in [0, 0.1) is 5.92 Å². The Bertz CT molecular complexity index is 133. The molecular formula is C11H24N2O. The fraction of sp³-hybridized carbons (Fsp3) is 1.00. The van der Waals surface area contributed by atoms with Gasteiger partial charge in [-0.2, -0.15) is 0 Å². The topological polar surface area (TPSA) is 24.5 Å². The molecule has 0 spiro atoms. The molecule has 0 aromatic carbocycles. The number of likely N-dealkylation sites (N-methyl/N-ethyl adjacent to an activating group) is 1. The molecule has 0 aromatic rings. The van der Waals surface area contributed by atoms with E-state index >= 15 is 0 Å². The second-order valence-electron chi connectivity index (χ2n) is 4.06. The number of hydrogen-bond donors (Lipinski definition) is 1. The van der Waals surface area contributed by atoms with Gasteiger partial charge in [0.1, 0.15) is 0 Å². The molecule has 0 unspecified atom stereocenters. The highest BCUT2D eigenvalue weighted by atomic mass is 16.5. The molecule has 1 aliphatic heterocycles. The van der Waals surface area contributed by atoms with Crippen molar-refractivity contribution in [2.45, 2.75) is 19.8 Å². The largest absolute Gasteiger partial charge is 0.380 e. The zero-order valence-corrected chi connectivity index (χ0v) is 9.59. The lowest BCUT2D eigenvalue weighted by molar-refractivity contribution is 0.0703.